The first-order valence-corrected chi connectivity index (χ1v) is 7.27. The molecule has 0 radical (unpaired) electrons. The van der Waals surface area contributed by atoms with Gasteiger partial charge in [0.2, 0.25) is 0 Å². The lowest BCUT2D eigenvalue weighted by atomic mass is 10.1. The fraction of sp³-hybridized carbons (Fsp3) is 0.222. The molecule has 4 nitrogen and oxygen atoms in total. The molecule has 0 aliphatic carbocycles. The maximum absolute atomic E-state index is 12.2. The quantitative estimate of drug-likeness (QED) is 0.629. The third-order valence-electron chi connectivity index (χ3n) is 1.93. The summed E-state index contributed by atoms with van der Waals surface area (Å²) in [5, 5.41) is 8.85. The molecular weight excluding hydrogens is 330 g/mol. The highest BCUT2D eigenvalue weighted by molar-refractivity contribution is 8.13. The first kappa shape index (κ1) is 15.9. The summed E-state index contributed by atoms with van der Waals surface area (Å²) in [6.45, 7) is 0. The predicted molar refractivity (Wildman–Crippen MR) is 60.4 cm³/mol. The Kier molecular flexibility index (Phi) is 4.55. The van der Waals surface area contributed by atoms with Crippen LogP contribution in [-0.4, -0.2) is 14.8 Å². The summed E-state index contributed by atoms with van der Waals surface area (Å²) in [6, 6.07) is 3.24. The number of nitrogens with zero attached hydrogens (tertiary/aromatic N) is 1. The van der Waals surface area contributed by atoms with E-state index in [0.29, 0.717) is 0 Å². The minimum atomic E-state index is -5.12. The van der Waals surface area contributed by atoms with E-state index in [1.165, 1.54) is 6.07 Å². The zero-order valence-electron chi connectivity index (χ0n) is 8.83. The van der Waals surface area contributed by atoms with E-state index in [9.17, 15) is 21.6 Å². The number of benzene rings is 1. The molecule has 19 heavy (non-hydrogen) atoms. The topological polar surface area (TPSA) is 67.2 Å². The van der Waals surface area contributed by atoms with Gasteiger partial charge in [-0.1, -0.05) is 6.07 Å². The Morgan fingerprint density at radius 1 is 1.37 bits per heavy atom. The highest BCUT2D eigenvalue weighted by Crippen LogP contribution is 2.36. The summed E-state index contributed by atoms with van der Waals surface area (Å²) in [4.78, 5) is -1.05. The molecule has 0 aliphatic heterocycles. The van der Waals surface area contributed by atoms with E-state index in [0.717, 1.165) is 12.1 Å². The van der Waals surface area contributed by atoms with Crippen LogP contribution in [0.1, 0.15) is 11.1 Å². The molecule has 0 N–H and O–H groups in total. The standard InChI is InChI=1S/C9H4Cl2F3NO3S/c10-3-5-1-2-7(18-9(12,13)14)8(6(5)4-15)19(11,16)17/h1-2H,3H2. The number of halogens is 5. The van der Waals surface area contributed by atoms with Crippen molar-refractivity contribution in [2.45, 2.75) is 17.1 Å². The van der Waals surface area contributed by atoms with Crippen molar-refractivity contribution < 1.29 is 26.3 Å². The zero-order chi connectivity index (χ0) is 14.8. The van der Waals surface area contributed by atoms with Crippen molar-refractivity contribution >= 4 is 31.3 Å². The Balaban J connectivity index is 3.64. The van der Waals surface area contributed by atoms with Gasteiger partial charge in [-0.15, -0.1) is 24.8 Å². The van der Waals surface area contributed by atoms with Crippen molar-refractivity contribution in [3.8, 4) is 11.8 Å². The van der Waals surface area contributed by atoms with Gasteiger partial charge >= 0.3 is 6.36 Å². The summed E-state index contributed by atoms with van der Waals surface area (Å²) >= 11 is 5.47. The summed E-state index contributed by atoms with van der Waals surface area (Å²) in [5.74, 6) is -1.35. The van der Waals surface area contributed by atoms with Gasteiger partial charge in [0.05, 0.1) is 5.56 Å². The molecular formula is C9H4Cl2F3NO3S. The van der Waals surface area contributed by atoms with E-state index < -0.39 is 31.6 Å². The second kappa shape index (κ2) is 5.45. The molecule has 0 unspecified atom stereocenters. The van der Waals surface area contributed by atoms with Gasteiger partial charge in [-0.25, -0.2) is 8.42 Å². The summed E-state index contributed by atoms with van der Waals surface area (Å²) < 4.78 is 62.6. The average molecular weight is 334 g/mol. The van der Waals surface area contributed by atoms with E-state index in [2.05, 4.69) is 4.74 Å². The molecule has 0 heterocycles. The first-order valence-electron chi connectivity index (χ1n) is 4.42. The smallest absolute Gasteiger partial charge is 0.404 e. The lowest BCUT2D eigenvalue weighted by molar-refractivity contribution is -0.275. The number of alkyl halides is 4. The molecule has 1 aromatic carbocycles. The SMILES string of the molecule is N#Cc1c(CCl)ccc(OC(F)(F)F)c1S(=O)(=O)Cl. The molecule has 0 saturated heterocycles. The van der Waals surface area contributed by atoms with Crippen LogP contribution in [0.4, 0.5) is 13.2 Å². The van der Waals surface area contributed by atoms with Gasteiger partial charge in [-0.3, -0.25) is 0 Å². The Bertz CT molecular complexity index is 637. The second-order valence-corrected chi connectivity index (χ2v) is 5.93. The third-order valence-corrected chi connectivity index (χ3v) is 3.58. The lowest BCUT2D eigenvalue weighted by Gasteiger charge is -2.14. The monoisotopic (exact) mass is 333 g/mol. The molecule has 0 spiro atoms. The zero-order valence-corrected chi connectivity index (χ0v) is 11.2. The molecule has 0 saturated carbocycles. The van der Waals surface area contributed by atoms with Gasteiger partial charge in [0.15, 0.2) is 5.75 Å². The molecule has 0 amide bonds. The Morgan fingerprint density at radius 2 is 1.95 bits per heavy atom. The average Bonchev–Trinajstić information content (AvgIpc) is 2.24. The van der Waals surface area contributed by atoms with Gasteiger partial charge in [-0.2, -0.15) is 5.26 Å². The van der Waals surface area contributed by atoms with Crippen molar-refractivity contribution in [1.29, 1.82) is 5.26 Å². The van der Waals surface area contributed by atoms with Gasteiger partial charge < -0.3 is 4.74 Å². The summed E-state index contributed by atoms with van der Waals surface area (Å²) in [6.07, 6.45) is -5.12. The molecule has 10 heteroatoms. The molecule has 104 valence electrons. The number of hydrogen-bond acceptors (Lipinski definition) is 4. The van der Waals surface area contributed by atoms with E-state index >= 15 is 0 Å². The predicted octanol–water partition coefficient (Wildman–Crippen LogP) is 3.12. The fourth-order valence-electron chi connectivity index (χ4n) is 1.29. The van der Waals surface area contributed by atoms with Gasteiger partial charge in [0, 0.05) is 16.6 Å². The van der Waals surface area contributed by atoms with Gasteiger partial charge in [-0.05, 0) is 11.6 Å². The number of rotatable bonds is 3. The largest absolute Gasteiger partial charge is 0.573 e. The van der Waals surface area contributed by atoms with Crippen molar-refractivity contribution in [2.75, 3.05) is 0 Å². The molecule has 0 atom stereocenters. The Morgan fingerprint density at radius 3 is 2.32 bits per heavy atom. The van der Waals surface area contributed by atoms with Crippen molar-refractivity contribution in [3.05, 3.63) is 23.3 Å². The van der Waals surface area contributed by atoms with Crippen molar-refractivity contribution in [1.82, 2.24) is 0 Å². The van der Waals surface area contributed by atoms with Crippen molar-refractivity contribution in [3.63, 3.8) is 0 Å². The van der Waals surface area contributed by atoms with Crippen LogP contribution in [0, 0.1) is 11.3 Å². The molecule has 1 rings (SSSR count). The highest BCUT2D eigenvalue weighted by Gasteiger charge is 2.35. The van der Waals surface area contributed by atoms with Crippen LogP contribution in [-0.2, 0) is 14.9 Å². The van der Waals surface area contributed by atoms with Crippen LogP contribution in [0.2, 0.25) is 0 Å². The third kappa shape index (κ3) is 3.89. The van der Waals surface area contributed by atoms with E-state index in [-0.39, 0.29) is 11.4 Å². The fourth-order valence-corrected chi connectivity index (χ4v) is 2.74. The summed E-state index contributed by atoms with van der Waals surface area (Å²) in [5.41, 5.74) is -0.551. The van der Waals surface area contributed by atoms with E-state index in [1.807, 2.05) is 0 Å². The molecule has 0 aliphatic rings. The second-order valence-electron chi connectivity index (χ2n) is 3.16. The van der Waals surface area contributed by atoms with Gasteiger partial charge in [0.25, 0.3) is 9.05 Å². The number of ether oxygens (including phenoxy) is 1. The molecule has 0 aromatic heterocycles. The van der Waals surface area contributed by atoms with Gasteiger partial charge in [0.1, 0.15) is 11.0 Å². The van der Waals surface area contributed by atoms with Crippen LogP contribution in [0.5, 0.6) is 5.75 Å². The lowest BCUT2D eigenvalue weighted by Crippen LogP contribution is -2.19. The highest BCUT2D eigenvalue weighted by atomic mass is 35.7. The molecule has 0 fully saturated rings. The van der Waals surface area contributed by atoms with E-state index in [1.54, 1.807) is 0 Å². The Labute approximate surface area is 115 Å². The van der Waals surface area contributed by atoms with Crippen LogP contribution in [0.25, 0.3) is 0 Å². The summed E-state index contributed by atoms with van der Waals surface area (Å²) in [7, 11) is 0.421. The minimum absolute atomic E-state index is 0.0258. The first-order chi connectivity index (χ1) is 8.60. The minimum Gasteiger partial charge on any atom is -0.404 e. The normalized spacial score (nSPS) is 12.0. The maximum atomic E-state index is 12.2. The van der Waals surface area contributed by atoms with Crippen LogP contribution in [0.15, 0.2) is 17.0 Å². The van der Waals surface area contributed by atoms with Crippen LogP contribution in [0.3, 0.4) is 0 Å². The maximum Gasteiger partial charge on any atom is 0.573 e. The van der Waals surface area contributed by atoms with E-state index in [4.69, 9.17) is 27.5 Å². The number of hydrogen-bond donors (Lipinski definition) is 0. The molecule has 0 bridgehead atoms. The van der Waals surface area contributed by atoms with Crippen LogP contribution >= 0.6 is 22.3 Å². The molecule has 1 aromatic rings. The van der Waals surface area contributed by atoms with Crippen molar-refractivity contribution in [2.24, 2.45) is 0 Å². The van der Waals surface area contributed by atoms with Crippen LogP contribution < -0.4 is 4.74 Å². The Hall–Kier alpha value is -1.17. The number of nitriles is 1.